The zero-order chi connectivity index (χ0) is 13.1. The van der Waals surface area contributed by atoms with Crippen LogP contribution in [0.1, 0.15) is 31.2 Å². The fourth-order valence-corrected chi connectivity index (χ4v) is 2.40. The summed E-state index contributed by atoms with van der Waals surface area (Å²) >= 11 is 4.27. The summed E-state index contributed by atoms with van der Waals surface area (Å²) in [6.07, 6.45) is 0.828. The molecular weight excluding hydrogens is 244 g/mol. The largest absolute Gasteiger partial charge is 0.395 e. The number of aromatic nitrogens is 2. The molecule has 0 saturated carbocycles. The number of fused-ring (bicyclic) bond motifs is 1. The summed E-state index contributed by atoms with van der Waals surface area (Å²) in [5, 5.41) is 9.17. The van der Waals surface area contributed by atoms with Gasteiger partial charge in [0.25, 0.3) is 0 Å². The van der Waals surface area contributed by atoms with Crippen LogP contribution in [0.4, 0.5) is 0 Å². The molecule has 0 radical (unpaired) electrons. The minimum absolute atomic E-state index is 0.136. The Kier molecular flexibility index (Phi) is 4.30. The maximum Gasteiger partial charge on any atom is 0.110 e. The molecule has 0 amide bonds. The van der Waals surface area contributed by atoms with Crippen LogP contribution < -0.4 is 0 Å². The fourth-order valence-electron chi connectivity index (χ4n) is 2.20. The normalized spacial score (nSPS) is 11.6. The first-order valence-corrected chi connectivity index (χ1v) is 7.01. The summed E-state index contributed by atoms with van der Waals surface area (Å²) in [7, 11) is 0. The van der Waals surface area contributed by atoms with Crippen molar-refractivity contribution in [1.82, 2.24) is 9.55 Å². The molecule has 4 heteroatoms. The lowest BCUT2D eigenvalue weighted by molar-refractivity contribution is 0.276. The highest BCUT2D eigenvalue weighted by molar-refractivity contribution is 7.80. The number of nitrogens with zero attached hydrogens (tertiary/aromatic N) is 2. The number of hydrogen-bond acceptors (Lipinski definition) is 3. The average Bonchev–Trinajstić information content (AvgIpc) is 2.68. The van der Waals surface area contributed by atoms with E-state index in [1.165, 1.54) is 5.56 Å². The molecule has 1 heterocycles. The van der Waals surface area contributed by atoms with Crippen molar-refractivity contribution in [3.05, 3.63) is 29.6 Å². The number of hydrogen-bond donors (Lipinski definition) is 2. The van der Waals surface area contributed by atoms with Gasteiger partial charge in [-0.25, -0.2) is 4.98 Å². The molecule has 1 N–H and O–H groups in total. The van der Waals surface area contributed by atoms with Crippen molar-refractivity contribution in [3.63, 3.8) is 0 Å². The molecule has 98 valence electrons. The second kappa shape index (κ2) is 5.76. The Balaban J connectivity index is 2.53. The molecule has 3 nitrogen and oxygen atoms in total. The van der Waals surface area contributed by atoms with Crippen molar-refractivity contribution in [3.8, 4) is 0 Å². The van der Waals surface area contributed by atoms with Crippen molar-refractivity contribution in [2.24, 2.45) is 0 Å². The number of thiol groups is 1. The minimum atomic E-state index is 0.136. The van der Waals surface area contributed by atoms with Crippen LogP contribution in [0.2, 0.25) is 0 Å². The van der Waals surface area contributed by atoms with Gasteiger partial charge in [0.1, 0.15) is 5.82 Å². The monoisotopic (exact) mass is 264 g/mol. The van der Waals surface area contributed by atoms with Gasteiger partial charge in [0.2, 0.25) is 0 Å². The molecule has 1 aromatic carbocycles. The van der Waals surface area contributed by atoms with Gasteiger partial charge in [0.05, 0.1) is 17.6 Å². The zero-order valence-corrected chi connectivity index (χ0v) is 11.8. The van der Waals surface area contributed by atoms with Crippen molar-refractivity contribution in [2.75, 3.05) is 12.4 Å². The van der Waals surface area contributed by atoms with Gasteiger partial charge in [0, 0.05) is 13.0 Å². The lowest BCUT2D eigenvalue weighted by Gasteiger charge is -2.07. The van der Waals surface area contributed by atoms with Crippen LogP contribution in [0.5, 0.6) is 0 Å². The van der Waals surface area contributed by atoms with Crippen molar-refractivity contribution >= 4 is 23.7 Å². The van der Waals surface area contributed by atoms with Crippen LogP contribution in [0.15, 0.2) is 18.2 Å². The molecule has 0 aliphatic carbocycles. The van der Waals surface area contributed by atoms with Gasteiger partial charge in [-0.05, 0) is 29.4 Å². The quantitative estimate of drug-likeness (QED) is 0.815. The predicted octanol–water partition coefficient (Wildman–Crippen LogP) is 2.62. The van der Waals surface area contributed by atoms with Gasteiger partial charge >= 0.3 is 0 Å². The predicted molar refractivity (Wildman–Crippen MR) is 78.5 cm³/mol. The molecule has 0 spiro atoms. The van der Waals surface area contributed by atoms with Crippen molar-refractivity contribution in [1.29, 1.82) is 0 Å². The van der Waals surface area contributed by atoms with E-state index in [1.807, 2.05) is 0 Å². The minimum Gasteiger partial charge on any atom is -0.395 e. The van der Waals surface area contributed by atoms with Gasteiger partial charge in [-0.2, -0.15) is 12.6 Å². The summed E-state index contributed by atoms with van der Waals surface area (Å²) in [5.74, 6) is 2.28. The van der Waals surface area contributed by atoms with Crippen LogP contribution in [0.25, 0.3) is 11.0 Å². The van der Waals surface area contributed by atoms with E-state index in [4.69, 9.17) is 5.11 Å². The molecule has 0 saturated heterocycles. The van der Waals surface area contributed by atoms with E-state index in [-0.39, 0.29) is 6.61 Å². The van der Waals surface area contributed by atoms with Gasteiger partial charge < -0.3 is 9.67 Å². The molecule has 0 aliphatic heterocycles. The number of imidazole rings is 1. The van der Waals surface area contributed by atoms with E-state index in [9.17, 15) is 0 Å². The summed E-state index contributed by atoms with van der Waals surface area (Å²) in [6, 6.07) is 6.40. The Hall–Kier alpha value is -1.00. The molecule has 0 fully saturated rings. The lowest BCUT2D eigenvalue weighted by atomic mass is 10.0. The average molecular weight is 264 g/mol. The van der Waals surface area contributed by atoms with E-state index in [2.05, 4.69) is 54.2 Å². The topological polar surface area (TPSA) is 38.0 Å². The van der Waals surface area contributed by atoms with Gasteiger partial charge in [-0.3, -0.25) is 0 Å². The third-order valence-corrected chi connectivity index (χ3v) is 3.40. The van der Waals surface area contributed by atoms with Crippen LogP contribution in [0, 0.1) is 0 Å². The van der Waals surface area contributed by atoms with Crippen LogP contribution >= 0.6 is 12.6 Å². The molecule has 1 aromatic heterocycles. The van der Waals surface area contributed by atoms with Gasteiger partial charge in [-0.15, -0.1) is 0 Å². The highest BCUT2D eigenvalue weighted by Gasteiger charge is 2.11. The highest BCUT2D eigenvalue weighted by Crippen LogP contribution is 2.22. The Morgan fingerprint density at radius 3 is 2.78 bits per heavy atom. The fraction of sp³-hybridized carbons (Fsp3) is 0.500. The second-order valence-electron chi connectivity index (χ2n) is 4.78. The summed E-state index contributed by atoms with van der Waals surface area (Å²) in [6.45, 7) is 5.10. The van der Waals surface area contributed by atoms with E-state index in [1.54, 1.807) is 0 Å². The Morgan fingerprint density at radius 2 is 2.17 bits per heavy atom. The molecular formula is C14H20N2OS. The summed E-state index contributed by atoms with van der Waals surface area (Å²) in [5.41, 5.74) is 3.42. The lowest BCUT2D eigenvalue weighted by Crippen LogP contribution is -2.07. The SMILES string of the molecule is CC(C)c1ccc2c(c1)nc(CCS)n2CCO. The molecule has 18 heavy (non-hydrogen) atoms. The smallest absolute Gasteiger partial charge is 0.110 e. The third-order valence-electron chi connectivity index (χ3n) is 3.18. The van der Waals surface area contributed by atoms with Crippen LogP contribution in [-0.4, -0.2) is 27.0 Å². The summed E-state index contributed by atoms with van der Waals surface area (Å²) in [4.78, 5) is 4.67. The van der Waals surface area contributed by atoms with Crippen molar-refractivity contribution in [2.45, 2.75) is 32.7 Å². The molecule has 0 unspecified atom stereocenters. The number of aliphatic hydroxyl groups is 1. The highest BCUT2D eigenvalue weighted by atomic mass is 32.1. The third kappa shape index (κ3) is 2.54. The zero-order valence-electron chi connectivity index (χ0n) is 10.9. The first-order valence-electron chi connectivity index (χ1n) is 6.38. The second-order valence-corrected chi connectivity index (χ2v) is 5.23. The number of benzene rings is 1. The number of aryl methyl sites for hydroxylation is 1. The van der Waals surface area contributed by atoms with E-state index in [0.717, 1.165) is 29.0 Å². The van der Waals surface area contributed by atoms with E-state index >= 15 is 0 Å². The van der Waals surface area contributed by atoms with Crippen LogP contribution in [-0.2, 0) is 13.0 Å². The molecule has 0 aliphatic rings. The Bertz CT molecular complexity index is 534. The number of rotatable bonds is 5. The standard InChI is InChI=1S/C14H20N2OS/c1-10(2)11-3-4-13-12(9-11)15-14(5-8-18)16(13)6-7-17/h3-4,9-10,17-18H,5-8H2,1-2H3. The number of aliphatic hydroxyl groups excluding tert-OH is 1. The molecule has 0 atom stereocenters. The Labute approximate surface area is 113 Å². The molecule has 2 aromatic rings. The van der Waals surface area contributed by atoms with Crippen molar-refractivity contribution < 1.29 is 5.11 Å². The molecule has 2 rings (SSSR count). The molecule has 0 bridgehead atoms. The van der Waals surface area contributed by atoms with E-state index < -0.39 is 0 Å². The maximum atomic E-state index is 9.17. The summed E-state index contributed by atoms with van der Waals surface area (Å²) < 4.78 is 2.09. The first kappa shape index (κ1) is 13.4. The van der Waals surface area contributed by atoms with Crippen LogP contribution in [0.3, 0.4) is 0 Å². The van der Waals surface area contributed by atoms with Gasteiger partial charge in [-0.1, -0.05) is 19.9 Å². The van der Waals surface area contributed by atoms with E-state index in [0.29, 0.717) is 12.5 Å². The first-order chi connectivity index (χ1) is 8.67. The maximum absolute atomic E-state index is 9.17. The van der Waals surface area contributed by atoms with Gasteiger partial charge in [0.15, 0.2) is 0 Å². The Morgan fingerprint density at radius 1 is 1.39 bits per heavy atom.